The van der Waals surface area contributed by atoms with Gasteiger partial charge in [0, 0.05) is 22.2 Å². The van der Waals surface area contributed by atoms with Gasteiger partial charge < -0.3 is 19.8 Å². The quantitative estimate of drug-likeness (QED) is 0.224. The van der Waals surface area contributed by atoms with Crippen LogP contribution >= 0.6 is 11.6 Å². The molecule has 0 fully saturated rings. The van der Waals surface area contributed by atoms with E-state index in [1.165, 1.54) is 24.3 Å². The minimum atomic E-state index is -4.87. The summed E-state index contributed by atoms with van der Waals surface area (Å²) in [7, 11) is 0. The number of ether oxygens (including phenoxy) is 1. The number of para-hydroxylation sites is 1. The van der Waals surface area contributed by atoms with Crippen LogP contribution in [0.5, 0.6) is 5.75 Å². The minimum absolute atomic E-state index is 0.0700. The summed E-state index contributed by atoms with van der Waals surface area (Å²) in [4.78, 5) is 36.5. The molecular formula is C23H13ClF3N3O6. The Bertz CT molecular complexity index is 1480. The van der Waals surface area contributed by atoms with Gasteiger partial charge in [0.25, 0.3) is 17.5 Å². The molecule has 0 aliphatic carbocycles. The van der Waals surface area contributed by atoms with Gasteiger partial charge in [0.05, 0.1) is 4.92 Å². The Morgan fingerprint density at radius 2 is 1.67 bits per heavy atom. The summed E-state index contributed by atoms with van der Waals surface area (Å²) >= 11 is 5.90. The van der Waals surface area contributed by atoms with Crippen molar-refractivity contribution < 1.29 is 36.8 Å². The van der Waals surface area contributed by atoms with Gasteiger partial charge in [-0.2, -0.15) is 0 Å². The van der Waals surface area contributed by atoms with Gasteiger partial charge in [-0.25, -0.2) is 0 Å². The van der Waals surface area contributed by atoms with E-state index in [1.54, 1.807) is 18.2 Å². The largest absolute Gasteiger partial charge is 0.573 e. The van der Waals surface area contributed by atoms with E-state index < -0.39 is 34.5 Å². The number of amides is 2. The van der Waals surface area contributed by atoms with Gasteiger partial charge in [0.15, 0.2) is 0 Å². The van der Waals surface area contributed by atoms with Gasteiger partial charge in [0.2, 0.25) is 5.76 Å². The van der Waals surface area contributed by atoms with Crippen molar-refractivity contribution in [3.63, 3.8) is 0 Å². The van der Waals surface area contributed by atoms with Gasteiger partial charge in [-0.1, -0.05) is 23.7 Å². The Morgan fingerprint density at radius 3 is 2.33 bits per heavy atom. The Labute approximate surface area is 204 Å². The fraction of sp³-hybridized carbons (Fsp3) is 0.0435. The van der Waals surface area contributed by atoms with Gasteiger partial charge >= 0.3 is 6.36 Å². The predicted octanol–water partition coefficient (Wildman–Crippen LogP) is 6.40. The molecule has 184 valence electrons. The third-order valence-corrected chi connectivity index (χ3v) is 5.02. The molecule has 0 aliphatic heterocycles. The highest BCUT2D eigenvalue weighted by molar-refractivity contribution is 6.31. The first-order valence-electron chi connectivity index (χ1n) is 9.96. The highest BCUT2D eigenvalue weighted by atomic mass is 35.5. The Hall–Kier alpha value is -4.58. The number of carbonyl (C=O) groups is 2. The standard InChI is InChI=1S/C23H13ClF3N3O6/c24-12-5-10-17(30(33)34)16(11-12)21(31)29-19-15-3-1-2-4-18(15)35-20(19)22(32)28-13-6-8-14(9-7-13)36-23(25,26)27/h1-11H,(H,28,32)(H,29,31). The number of hydrogen-bond acceptors (Lipinski definition) is 6. The second-order valence-electron chi connectivity index (χ2n) is 7.20. The van der Waals surface area contributed by atoms with Crippen molar-refractivity contribution in [2.75, 3.05) is 10.6 Å². The van der Waals surface area contributed by atoms with E-state index in [9.17, 15) is 32.9 Å². The number of fused-ring (bicyclic) bond motifs is 1. The van der Waals surface area contributed by atoms with Crippen molar-refractivity contribution in [3.8, 4) is 5.75 Å². The maximum atomic E-state index is 13.0. The molecule has 1 aromatic heterocycles. The summed E-state index contributed by atoms with van der Waals surface area (Å²) in [5, 5.41) is 16.7. The normalized spacial score (nSPS) is 11.2. The van der Waals surface area contributed by atoms with E-state index in [4.69, 9.17) is 16.0 Å². The zero-order valence-corrected chi connectivity index (χ0v) is 18.5. The van der Waals surface area contributed by atoms with Gasteiger partial charge in [-0.3, -0.25) is 19.7 Å². The number of furan rings is 1. The lowest BCUT2D eigenvalue weighted by Crippen LogP contribution is -2.18. The summed E-state index contributed by atoms with van der Waals surface area (Å²) < 4.78 is 46.5. The lowest BCUT2D eigenvalue weighted by Gasteiger charge is -2.10. The van der Waals surface area contributed by atoms with Gasteiger partial charge in [-0.05, 0) is 48.5 Å². The molecule has 4 aromatic rings. The molecule has 36 heavy (non-hydrogen) atoms. The number of nitro groups is 1. The SMILES string of the molecule is O=C(Nc1c(C(=O)Nc2ccc(OC(F)(F)F)cc2)oc2ccccc12)c1cc(Cl)ccc1[N+](=O)[O-]. The summed E-state index contributed by atoms with van der Waals surface area (Å²) in [5.74, 6) is -2.59. The molecule has 0 radical (unpaired) electrons. The van der Waals surface area contributed by atoms with Crippen molar-refractivity contribution in [2.24, 2.45) is 0 Å². The van der Waals surface area contributed by atoms with E-state index in [-0.39, 0.29) is 33.3 Å². The maximum Gasteiger partial charge on any atom is 0.573 e. The molecule has 9 nitrogen and oxygen atoms in total. The smallest absolute Gasteiger partial charge is 0.449 e. The van der Waals surface area contributed by atoms with Crippen LogP contribution < -0.4 is 15.4 Å². The molecule has 0 saturated carbocycles. The van der Waals surface area contributed by atoms with Crippen molar-refractivity contribution in [2.45, 2.75) is 6.36 Å². The van der Waals surface area contributed by atoms with E-state index in [0.717, 1.165) is 24.3 Å². The molecule has 0 aliphatic rings. The van der Waals surface area contributed by atoms with Crippen LogP contribution in [-0.4, -0.2) is 23.1 Å². The number of nitro benzene ring substituents is 1. The van der Waals surface area contributed by atoms with E-state index in [1.807, 2.05) is 0 Å². The van der Waals surface area contributed by atoms with Crippen LogP contribution in [0.3, 0.4) is 0 Å². The zero-order valence-electron chi connectivity index (χ0n) is 17.8. The molecule has 2 N–H and O–H groups in total. The summed E-state index contributed by atoms with van der Waals surface area (Å²) in [6.45, 7) is 0. The molecule has 4 rings (SSSR count). The van der Waals surface area contributed by atoms with E-state index in [2.05, 4.69) is 15.4 Å². The topological polar surface area (TPSA) is 124 Å². The number of anilines is 2. The molecule has 0 atom stereocenters. The number of alkyl halides is 3. The molecule has 0 bridgehead atoms. The Kier molecular flexibility index (Phi) is 6.53. The molecule has 1 heterocycles. The van der Waals surface area contributed by atoms with Crippen molar-refractivity contribution in [3.05, 3.63) is 93.2 Å². The zero-order chi connectivity index (χ0) is 26.0. The Morgan fingerprint density at radius 1 is 0.972 bits per heavy atom. The monoisotopic (exact) mass is 519 g/mol. The van der Waals surface area contributed by atoms with E-state index in [0.29, 0.717) is 5.39 Å². The number of halogens is 4. The molecule has 13 heteroatoms. The average molecular weight is 520 g/mol. The number of rotatable bonds is 6. The van der Waals surface area contributed by atoms with Crippen molar-refractivity contribution in [1.29, 1.82) is 0 Å². The lowest BCUT2D eigenvalue weighted by atomic mass is 10.1. The van der Waals surface area contributed by atoms with Crippen LogP contribution in [0.15, 0.2) is 71.1 Å². The van der Waals surface area contributed by atoms with E-state index >= 15 is 0 Å². The van der Waals surface area contributed by atoms with Crippen LogP contribution in [0.4, 0.5) is 30.2 Å². The molecule has 3 aromatic carbocycles. The number of nitrogens with zero attached hydrogens (tertiary/aromatic N) is 1. The Balaban J connectivity index is 1.65. The first kappa shape index (κ1) is 24.5. The van der Waals surface area contributed by atoms with Crippen molar-refractivity contribution >= 4 is 51.4 Å². The summed E-state index contributed by atoms with van der Waals surface area (Å²) in [5.41, 5.74) is -0.578. The first-order chi connectivity index (χ1) is 17.0. The molecule has 0 saturated heterocycles. The molecular weight excluding hydrogens is 507 g/mol. The minimum Gasteiger partial charge on any atom is -0.449 e. The average Bonchev–Trinajstić information content (AvgIpc) is 3.17. The second-order valence-corrected chi connectivity index (χ2v) is 7.64. The fourth-order valence-electron chi connectivity index (χ4n) is 3.29. The van der Waals surface area contributed by atoms with Gasteiger partial charge in [0.1, 0.15) is 22.6 Å². The first-order valence-corrected chi connectivity index (χ1v) is 10.3. The summed E-state index contributed by atoms with van der Waals surface area (Å²) in [6, 6.07) is 14.1. The van der Waals surface area contributed by atoms with Gasteiger partial charge in [-0.15, -0.1) is 13.2 Å². The highest BCUT2D eigenvalue weighted by Crippen LogP contribution is 2.33. The lowest BCUT2D eigenvalue weighted by molar-refractivity contribution is -0.385. The third-order valence-electron chi connectivity index (χ3n) is 4.79. The van der Waals surface area contributed by atoms with Crippen LogP contribution in [0, 0.1) is 10.1 Å². The number of benzene rings is 3. The van der Waals surface area contributed by atoms with Crippen molar-refractivity contribution in [1.82, 2.24) is 0 Å². The number of nitrogens with one attached hydrogen (secondary N) is 2. The van der Waals surface area contributed by atoms with Crippen LogP contribution in [0.2, 0.25) is 5.02 Å². The third kappa shape index (κ3) is 5.39. The molecule has 0 unspecified atom stereocenters. The molecule has 2 amide bonds. The maximum absolute atomic E-state index is 13.0. The summed E-state index contributed by atoms with van der Waals surface area (Å²) in [6.07, 6.45) is -4.87. The van der Waals surface area contributed by atoms with Crippen LogP contribution in [-0.2, 0) is 0 Å². The number of carbonyl (C=O) groups excluding carboxylic acids is 2. The highest BCUT2D eigenvalue weighted by Gasteiger charge is 2.31. The fourth-order valence-corrected chi connectivity index (χ4v) is 3.46. The van der Waals surface area contributed by atoms with Crippen LogP contribution in [0.25, 0.3) is 11.0 Å². The number of hydrogen-bond donors (Lipinski definition) is 2. The van der Waals surface area contributed by atoms with Crippen LogP contribution in [0.1, 0.15) is 20.9 Å². The second kappa shape index (κ2) is 9.58. The molecule has 0 spiro atoms. The predicted molar refractivity (Wildman–Crippen MR) is 123 cm³/mol.